The van der Waals surface area contributed by atoms with Gasteiger partial charge in [0.1, 0.15) is 0 Å². The molecule has 0 aliphatic heterocycles. The second-order valence-electron chi connectivity index (χ2n) is 1.47. The molecule has 0 aliphatic carbocycles. The minimum Gasteiger partial charge on any atom is -0.396 e. The molecule has 4 nitrogen and oxygen atoms in total. The number of anilines is 1. The van der Waals surface area contributed by atoms with Crippen molar-refractivity contribution >= 4 is 32.2 Å². The zero-order valence-corrected chi connectivity index (χ0v) is 6.57. The summed E-state index contributed by atoms with van der Waals surface area (Å²) in [6.07, 6.45) is 2.89. The van der Waals surface area contributed by atoms with E-state index in [0.29, 0.717) is 5.69 Å². The molecule has 0 radical (unpaired) electrons. The highest BCUT2D eigenvalue weighted by atomic mass is 127. The fourth-order valence-electron chi connectivity index (χ4n) is 0.433. The lowest BCUT2D eigenvalue weighted by Gasteiger charge is -1.85. The average Bonchev–Trinajstić information content (AvgIpc) is 2.14. The van der Waals surface area contributed by atoms with Crippen molar-refractivity contribution in [3.63, 3.8) is 0 Å². The number of hydrogen-bond donors (Lipinski definition) is 1. The summed E-state index contributed by atoms with van der Waals surface area (Å²) in [5, 5.41) is 3.65. The van der Waals surface area contributed by atoms with E-state index in [0.717, 1.165) is 0 Å². The topological polar surface area (TPSA) is 60.9 Å². The lowest BCUT2D eigenvalue weighted by Crippen LogP contribution is -2.00. The van der Waals surface area contributed by atoms with Crippen LogP contribution in [-0.4, -0.2) is 13.7 Å². The van der Waals surface area contributed by atoms with Crippen molar-refractivity contribution < 1.29 is 4.79 Å². The van der Waals surface area contributed by atoms with E-state index >= 15 is 0 Å². The molecular weight excluding hydrogens is 233 g/mol. The standard InChI is InChI=1S/C4H4IN3O/c5-4(9)8-2-3(6)1-7-8/h1-2H,6H2. The van der Waals surface area contributed by atoms with Crippen molar-refractivity contribution in [2.75, 3.05) is 5.73 Å². The number of nitrogen functional groups attached to an aromatic ring is 1. The van der Waals surface area contributed by atoms with Crippen LogP contribution in [0.1, 0.15) is 0 Å². The quantitative estimate of drug-likeness (QED) is 0.537. The summed E-state index contributed by atoms with van der Waals surface area (Å²) in [6, 6.07) is 0. The molecule has 0 spiro atoms. The van der Waals surface area contributed by atoms with Gasteiger partial charge in [0.15, 0.2) is 0 Å². The molecule has 1 aromatic rings. The van der Waals surface area contributed by atoms with Crippen LogP contribution in [-0.2, 0) is 0 Å². The maximum atomic E-state index is 10.5. The normalized spacial score (nSPS) is 9.44. The monoisotopic (exact) mass is 237 g/mol. The maximum absolute atomic E-state index is 10.5. The molecule has 2 N–H and O–H groups in total. The number of nitrogens with two attached hydrogens (primary N) is 1. The number of aromatic nitrogens is 2. The van der Waals surface area contributed by atoms with E-state index in [9.17, 15) is 4.79 Å². The molecule has 0 aromatic carbocycles. The molecule has 48 valence electrons. The number of nitrogens with zero attached hydrogens (tertiary/aromatic N) is 2. The van der Waals surface area contributed by atoms with Crippen LogP contribution in [0.25, 0.3) is 0 Å². The van der Waals surface area contributed by atoms with E-state index in [1.807, 2.05) is 0 Å². The van der Waals surface area contributed by atoms with Gasteiger partial charge in [-0.25, -0.2) is 0 Å². The molecular formula is C4H4IN3O. The number of rotatable bonds is 0. The fourth-order valence-corrected chi connectivity index (χ4v) is 0.697. The highest BCUT2D eigenvalue weighted by Crippen LogP contribution is 2.00. The molecule has 1 heterocycles. The molecule has 0 aliphatic rings. The lowest BCUT2D eigenvalue weighted by molar-refractivity contribution is 0.262. The van der Waals surface area contributed by atoms with Gasteiger partial charge in [0, 0.05) is 22.6 Å². The Morgan fingerprint density at radius 1 is 1.89 bits per heavy atom. The van der Waals surface area contributed by atoms with Crippen LogP contribution in [0.4, 0.5) is 10.5 Å². The Balaban J connectivity index is 2.98. The summed E-state index contributed by atoms with van der Waals surface area (Å²) in [7, 11) is 0. The third kappa shape index (κ3) is 1.41. The number of halogens is 1. The Labute approximate surface area is 65.2 Å². The smallest absolute Gasteiger partial charge is 0.307 e. The second-order valence-corrected chi connectivity index (χ2v) is 2.39. The molecule has 0 atom stereocenters. The molecule has 0 saturated heterocycles. The van der Waals surface area contributed by atoms with Gasteiger partial charge in [-0.1, -0.05) is 0 Å². The van der Waals surface area contributed by atoms with Gasteiger partial charge in [0.05, 0.1) is 18.1 Å². The van der Waals surface area contributed by atoms with Crippen LogP contribution in [0.15, 0.2) is 12.4 Å². The van der Waals surface area contributed by atoms with Gasteiger partial charge >= 0.3 is 3.91 Å². The number of carbonyl (C=O) groups excluding carboxylic acids is 1. The van der Waals surface area contributed by atoms with Crippen LogP contribution in [0.5, 0.6) is 0 Å². The van der Waals surface area contributed by atoms with Crippen molar-refractivity contribution in [2.45, 2.75) is 0 Å². The van der Waals surface area contributed by atoms with Crippen molar-refractivity contribution in [2.24, 2.45) is 0 Å². The summed E-state index contributed by atoms with van der Waals surface area (Å²) in [6.45, 7) is 0. The molecule has 0 bridgehead atoms. The van der Waals surface area contributed by atoms with Crippen LogP contribution >= 0.6 is 22.6 Å². The van der Waals surface area contributed by atoms with Gasteiger partial charge in [-0.15, -0.1) is 0 Å². The summed E-state index contributed by atoms with van der Waals surface area (Å²) < 4.78 is 1.01. The van der Waals surface area contributed by atoms with Crippen molar-refractivity contribution in [1.29, 1.82) is 0 Å². The summed E-state index contributed by atoms with van der Waals surface area (Å²) in [4.78, 5) is 10.5. The molecule has 0 fully saturated rings. The predicted octanol–water partition coefficient (Wildman–Crippen LogP) is 0.868. The first kappa shape index (κ1) is 6.53. The molecule has 9 heavy (non-hydrogen) atoms. The molecule has 1 rings (SSSR count). The van der Waals surface area contributed by atoms with Crippen LogP contribution in [0.3, 0.4) is 0 Å². The van der Waals surface area contributed by atoms with Gasteiger partial charge in [0.25, 0.3) is 0 Å². The van der Waals surface area contributed by atoms with Crippen LogP contribution in [0.2, 0.25) is 0 Å². The Morgan fingerprint density at radius 3 is 2.78 bits per heavy atom. The predicted molar refractivity (Wildman–Crippen MR) is 41.5 cm³/mol. The minimum absolute atomic E-state index is 0.163. The van der Waals surface area contributed by atoms with E-state index < -0.39 is 0 Å². The third-order valence-corrected chi connectivity index (χ3v) is 1.28. The van der Waals surface area contributed by atoms with Gasteiger partial charge in [-0.3, -0.25) is 4.79 Å². The first-order valence-corrected chi connectivity index (χ1v) is 3.28. The molecule has 1 aromatic heterocycles. The van der Waals surface area contributed by atoms with Gasteiger partial charge < -0.3 is 5.73 Å². The van der Waals surface area contributed by atoms with E-state index in [1.165, 1.54) is 17.1 Å². The van der Waals surface area contributed by atoms with Gasteiger partial charge in [-0.2, -0.15) is 9.78 Å². The molecule has 0 unspecified atom stereocenters. The molecule has 0 saturated carbocycles. The number of hydrogen-bond acceptors (Lipinski definition) is 3. The lowest BCUT2D eigenvalue weighted by atomic mass is 10.6. The third-order valence-electron chi connectivity index (χ3n) is 0.783. The zero-order chi connectivity index (χ0) is 6.85. The Hall–Kier alpha value is -0.590. The van der Waals surface area contributed by atoms with Gasteiger partial charge in [-0.05, 0) is 0 Å². The largest absolute Gasteiger partial charge is 0.396 e. The fraction of sp³-hybridized carbons (Fsp3) is 0. The van der Waals surface area contributed by atoms with Crippen LogP contribution in [0, 0.1) is 0 Å². The Bertz CT molecular complexity index is 231. The molecule has 5 heteroatoms. The minimum atomic E-state index is -0.163. The summed E-state index contributed by atoms with van der Waals surface area (Å²) >= 11 is 1.63. The van der Waals surface area contributed by atoms with E-state index in [1.54, 1.807) is 22.6 Å². The van der Waals surface area contributed by atoms with Crippen molar-refractivity contribution in [1.82, 2.24) is 9.78 Å². The average molecular weight is 237 g/mol. The van der Waals surface area contributed by atoms with Gasteiger partial charge in [0.2, 0.25) is 0 Å². The van der Waals surface area contributed by atoms with Crippen LogP contribution < -0.4 is 5.73 Å². The highest BCUT2D eigenvalue weighted by molar-refractivity contribution is 14.1. The second kappa shape index (κ2) is 2.34. The van der Waals surface area contributed by atoms with E-state index in [-0.39, 0.29) is 3.91 Å². The van der Waals surface area contributed by atoms with E-state index in [4.69, 9.17) is 5.73 Å². The highest BCUT2D eigenvalue weighted by Gasteiger charge is 1.98. The SMILES string of the molecule is Nc1cnn(C(=O)I)c1. The number of carbonyl (C=O) groups is 1. The Kier molecular flexibility index (Phi) is 1.70. The summed E-state index contributed by atoms with van der Waals surface area (Å²) in [5.41, 5.74) is 5.78. The maximum Gasteiger partial charge on any atom is 0.307 e. The van der Waals surface area contributed by atoms with E-state index in [2.05, 4.69) is 5.10 Å². The first-order valence-electron chi connectivity index (χ1n) is 2.20. The Morgan fingerprint density at radius 2 is 2.56 bits per heavy atom. The summed E-state index contributed by atoms with van der Waals surface area (Å²) in [5.74, 6) is 0. The van der Waals surface area contributed by atoms with Crippen molar-refractivity contribution in [3.8, 4) is 0 Å². The molecule has 0 amide bonds. The van der Waals surface area contributed by atoms with Crippen molar-refractivity contribution in [3.05, 3.63) is 12.4 Å². The zero-order valence-electron chi connectivity index (χ0n) is 4.41. The first-order chi connectivity index (χ1) is 4.20.